The first kappa shape index (κ1) is 21.4. The van der Waals surface area contributed by atoms with E-state index in [-0.39, 0.29) is 23.6 Å². The zero-order chi connectivity index (χ0) is 21.8. The minimum atomic E-state index is -0.228. The SMILES string of the molecule is O=C(NC1CC1)c1ccc(CNC(=O)C2CCCN(C(=O)c3ccc(Cl)cc3)C2)cc1. The standard InChI is InChI=1S/C24H26ClN3O3/c25-20-9-7-18(8-10-20)24(31)28-13-1-2-19(15-28)22(29)26-14-16-3-5-17(6-4-16)23(30)27-21-11-12-21/h3-10,19,21H,1-2,11-15H2,(H,26,29)(H,27,30). The van der Waals surface area contributed by atoms with Crippen LogP contribution in [0.3, 0.4) is 0 Å². The van der Waals surface area contributed by atoms with Crippen LogP contribution in [0.15, 0.2) is 48.5 Å². The van der Waals surface area contributed by atoms with Gasteiger partial charge in [-0.3, -0.25) is 14.4 Å². The van der Waals surface area contributed by atoms with Gasteiger partial charge < -0.3 is 15.5 Å². The van der Waals surface area contributed by atoms with Crippen LogP contribution in [0, 0.1) is 5.92 Å². The lowest BCUT2D eigenvalue weighted by atomic mass is 9.96. The number of hydrogen-bond donors (Lipinski definition) is 2. The van der Waals surface area contributed by atoms with Crippen LogP contribution < -0.4 is 10.6 Å². The molecule has 1 heterocycles. The Morgan fingerprint density at radius 2 is 1.61 bits per heavy atom. The van der Waals surface area contributed by atoms with E-state index in [1.807, 2.05) is 12.1 Å². The van der Waals surface area contributed by atoms with Gasteiger partial charge in [-0.2, -0.15) is 0 Å². The van der Waals surface area contributed by atoms with Gasteiger partial charge in [-0.05, 0) is 67.6 Å². The van der Waals surface area contributed by atoms with E-state index in [2.05, 4.69) is 10.6 Å². The summed E-state index contributed by atoms with van der Waals surface area (Å²) in [7, 11) is 0. The molecule has 2 N–H and O–H groups in total. The second-order valence-corrected chi connectivity index (χ2v) is 8.70. The van der Waals surface area contributed by atoms with Gasteiger partial charge in [0, 0.05) is 41.8 Å². The first-order valence-electron chi connectivity index (χ1n) is 10.7. The van der Waals surface area contributed by atoms with E-state index in [0.717, 1.165) is 31.2 Å². The van der Waals surface area contributed by atoms with E-state index in [4.69, 9.17) is 11.6 Å². The van der Waals surface area contributed by atoms with Crippen molar-refractivity contribution in [1.29, 1.82) is 0 Å². The third kappa shape index (κ3) is 5.64. The number of hydrogen-bond acceptors (Lipinski definition) is 3. The van der Waals surface area contributed by atoms with Crippen LogP contribution in [-0.4, -0.2) is 41.8 Å². The summed E-state index contributed by atoms with van der Waals surface area (Å²) in [6.07, 6.45) is 3.66. The van der Waals surface area contributed by atoms with E-state index in [1.165, 1.54) is 0 Å². The summed E-state index contributed by atoms with van der Waals surface area (Å²) in [6.45, 7) is 1.45. The van der Waals surface area contributed by atoms with Crippen LogP contribution in [0.4, 0.5) is 0 Å². The summed E-state index contributed by atoms with van der Waals surface area (Å²) >= 11 is 5.90. The Kier molecular flexibility index (Phi) is 6.56. The first-order valence-corrected chi connectivity index (χ1v) is 11.1. The second kappa shape index (κ2) is 9.52. The Morgan fingerprint density at radius 1 is 0.935 bits per heavy atom. The molecule has 1 atom stereocenters. The molecule has 2 fully saturated rings. The van der Waals surface area contributed by atoms with Gasteiger partial charge >= 0.3 is 0 Å². The van der Waals surface area contributed by atoms with Gasteiger partial charge in [-0.1, -0.05) is 23.7 Å². The number of carbonyl (C=O) groups is 3. The third-order valence-electron chi connectivity index (χ3n) is 5.77. The van der Waals surface area contributed by atoms with Gasteiger partial charge in [0.05, 0.1) is 5.92 Å². The average molecular weight is 440 g/mol. The van der Waals surface area contributed by atoms with Crippen LogP contribution in [-0.2, 0) is 11.3 Å². The lowest BCUT2D eigenvalue weighted by Gasteiger charge is -2.32. The summed E-state index contributed by atoms with van der Waals surface area (Å²) in [5, 5.41) is 6.52. The van der Waals surface area contributed by atoms with Gasteiger partial charge in [0.1, 0.15) is 0 Å². The predicted molar refractivity (Wildman–Crippen MR) is 119 cm³/mol. The number of nitrogens with one attached hydrogen (secondary N) is 2. The van der Waals surface area contributed by atoms with Crippen molar-refractivity contribution in [2.24, 2.45) is 5.92 Å². The fraction of sp³-hybridized carbons (Fsp3) is 0.375. The molecule has 1 aliphatic heterocycles. The Balaban J connectivity index is 1.28. The van der Waals surface area contributed by atoms with Gasteiger partial charge in [0.15, 0.2) is 0 Å². The highest BCUT2D eigenvalue weighted by molar-refractivity contribution is 6.30. The van der Waals surface area contributed by atoms with Crippen molar-refractivity contribution in [3.05, 3.63) is 70.2 Å². The lowest BCUT2D eigenvalue weighted by Crippen LogP contribution is -2.45. The highest BCUT2D eigenvalue weighted by atomic mass is 35.5. The van der Waals surface area contributed by atoms with Gasteiger partial charge in [0.2, 0.25) is 5.91 Å². The summed E-state index contributed by atoms with van der Waals surface area (Å²) < 4.78 is 0. The fourth-order valence-electron chi connectivity index (χ4n) is 3.75. The Labute approximate surface area is 187 Å². The van der Waals surface area contributed by atoms with Crippen LogP contribution in [0.5, 0.6) is 0 Å². The van der Waals surface area contributed by atoms with Crippen molar-refractivity contribution >= 4 is 29.3 Å². The molecule has 2 aliphatic rings. The number of halogens is 1. The van der Waals surface area contributed by atoms with Crippen molar-refractivity contribution in [3.8, 4) is 0 Å². The molecular weight excluding hydrogens is 414 g/mol. The Bertz CT molecular complexity index is 955. The normalized spacial score (nSPS) is 18.4. The van der Waals surface area contributed by atoms with Crippen LogP contribution in [0.1, 0.15) is 52.0 Å². The number of rotatable bonds is 6. The molecule has 0 aromatic heterocycles. The average Bonchev–Trinajstić information content (AvgIpc) is 3.62. The van der Waals surface area contributed by atoms with Crippen molar-refractivity contribution in [3.63, 3.8) is 0 Å². The molecular formula is C24H26ClN3O3. The molecule has 2 aromatic rings. The lowest BCUT2D eigenvalue weighted by molar-refractivity contribution is -0.126. The van der Waals surface area contributed by atoms with E-state index in [0.29, 0.717) is 41.8 Å². The van der Waals surface area contributed by atoms with Crippen LogP contribution in [0.2, 0.25) is 5.02 Å². The fourth-order valence-corrected chi connectivity index (χ4v) is 3.88. The van der Waals surface area contributed by atoms with Gasteiger partial charge in [0.25, 0.3) is 11.8 Å². The summed E-state index contributed by atoms with van der Waals surface area (Å²) in [5.74, 6) is -0.405. The zero-order valence-electron chi connectivity index (χ0n) is 17.3. The van der Waals surface area contributed by atoms with E-state index in [1.54, 1.807) is 41.3 Å². The Hall–Kier alpha value is -2.86. The van der Waals surface area contributed by atoms with Crippen LogP contribution in [0.25, 0.3) is 0 Å². The molecule has 4 rings (SSSR count). The van der Waals surface area contributed by atoms with E-state index in [9.17, 15) is 14.4 Å². The maximum absolute atomic E-state index is 12.7. The summed E-state index contributed by atoms with van der Waals surface area (Å²) in [6, 6.07) is 14.4. The van der Waals surface area contributed by atoms with Gasteiger partial charge in [-0.15, -0.1) is 0 Å². The molecule has 1 unspecified atom stereocenters. The predicted octanol–water partition coefficient (Wildman–Crippen LogP) is 3.40. The van der Waals surface area contributed by atoms with Crippen molar-refractivity contribution in [2.75, 3.05) is 13.1 Å². The first-order chi connectivity index (χ1) is 15.0. The quantitative estimate of drug-likeness (QED) is 0.724. The van der Waals surface area contributed by atoms with Gasteiger partial charge in [-0.25, -0.2) is 0 Å². The molecule has 1 saturated carbocycles. The minimum Gasteiger partial charge on any atom is -0.352 e. The van der Waals surface area contributed by atoms with E-state index >= 15 is 0 Å². The number of carbonyl (C=O) groups excluding carboxylic acids is 3. The second-order valence-electron chi connectivity index (χ2n) is 8.26. The van der Waals surface area contributed by atoms with Crippen molar-refractivity contribution in [2.45, 2.75) is 38.3 Å². The molecule has 0 bridgehead atoms. The molecule has 6 nitrogen and oxygen atoms in total. The minimum absolute atomic E-state index is 0.0502. The number of likely N-dealkylation sites (tertiary alicyclic amines) is 1. The number of piperidine rings is 1. The number of amides is 3. The molecule has 31 heavy (non-hydrogen) atoms. The van der Waals surface area contributed by atoms with E-state index < -0.39 is 0 Å². The highest BCUT2D eigenvalue weighted by Crippen LogP contribution is 2.21. The molecule has 1 saturated heterocycles. The Morgan fingerprint density at radius 3 is 2.29 bits per heavy atom. The van der Waals surface area contributed by atoms with Crippen molar-refractivity contribution < 1.29 is 14.4 Å². The molecule has 162 valence electrons. The highest BCUT2D eigenvalue weighted by Gasteiger charge is 2.29. The molecule has 0 spiro atoms. The molecule has 3 amide bonds. The largest absolute Gasteiger partial charge is 0.352 e. The summed E-state index contributed by atoms with van der Waals surface area (Å²) in [4.78, 5) is 39.2. The molecule has 2 aromatic carbocycles. The van der Waals surface area contributed by atoms with Crippen LogP contribution >= 0.6 is 11.6 Å². The zero-order valence-corrected chi connectivity index (χ0v) is 18.0. The molecule has 7 heteroatoms. The molecule has 1 aliphatic carbocycles. The topological polar surface area (TPSA) is 78.5 Å². The molecule has 0 radical (unpaired) electrons. The number of benzene rings is 2. The summed E-state index contributed by atoms with van der Waals surface area (Å²) in [5.41, 5.74) is 2.14. The maximum atomic E-state index is 12.7. The number of nitrogens with zero attached hydrogens (tertiary/aromatic N) is 1. The monoisotopic (exact) mass is 439 g/mol. The van der Waals surface area contributed by atoms with Crippen molar-refractivity contribution in [1.82, 2.24) is 15.5 Å². The third-order valence-corrected chi connectivity index (χ3v) is 6.02. The smallest absolute Gasteiger partial charge is 0.253 e. The maximum Gasteiger partial charge on any atom is 0.253 e.